The molecule has 0 spiro atoms. The number of carbonyl (C=O) groups excluding carboxylic acids is 1. The van der Waals surface area contributed by atoms with Gasteiger partial charge in [0.05, 0.1) is 4.47 Å². The Morgan fingerprint density at radius 2 is 2.30 bits per heavy atom. The molecule has 0 bridgehead atoms. The fourth-order valence-electron chi connectivity index (χ4n) is 2.59. The number of amides is 1. The maximum absolute atomic E-state index is 12.3. The summed E-state index contributed by atoms with van der Waals surface area (Å²) in [5, 5.41) is 3.00. The molecule has 1 saturated carbocycles. The SMILES string of the molecule is CN1CCC(CNC(=O)c2nc(C3CC3)ncc2Br)C1. The molecule has 2 fully saturated rings. The quantitative estimate of drug-likeness (QED) is 0.909. The Morgan fingerprint density at radius 1 is 1.50 bits per heavy atom. The molecule has 108 valence electrons. The summed E-state index contributed by atoms with van der Waals surface area (Å²) >= 11 is 3.37. The van der Waals surface area contributed by atoms with Crippen LogP contribution in [0.3, 0.4) is 0 Å². The van der Waals surface area contributed by atoms with E-state index in [1.807, 2.05) is 0 Å². The lowest BCUT2D eigenvalue weighted by molar-refractivity contribution is 0.0941. The summed E-state index contributed by atoms with van der Waals surface area (Å²) in [5.74, 6) is 1.71. The number of nitrogens with one attached hydrogen (secondary N) is 1. The second-order valence-electron chi connectivity index (χ2n) is 5.83. The number of rotatable bonds is 4. The molecule has 0 radical (unpaired) electrons. The molecule has 20 heavy (non-hydrogen) atoms. The van der Waals surface area contributed by atoms with Gasteiger partial charge < -0.3 is 10.2 Å². The van der Waals surface area contributed by atoms with Crippen LogP contribution in [0.15, 0.2) is 10.7 Å². The van der Waals surface area contributed by atoms with E-state index < -0.39 is 0 Å². The maximum atomic E-state index is 12.3. The van der Waals surface area contributed by atoms with Crippen molar-refractivity contribution in [3.8, 4) is 0 Å². The second-order valence-corrected chi connectivity index (χ2v) is 6.68. The predicted molar refractivity (Wildman–Crippen MR) is 79.6 cm³/mol. The van der Waals surface area contributed by atoms with E-state index in [0.29, 0.717) is 22.0 Å². The van der Waals surface area contributed by atoms with E-state index in [-0.39, 0.29) is 5.91 Å². The third-order valence-electron chi connectivity index (χ3n) is 3.96. The lowest BCUT2D eigenvalue weighted by Crippen LogP contribution is -2.31. The average Bonchev–Trinajstić information content (AvgIpc) is 3.20. The summed E-state index contributed by atoms with van der Waals surface area (Å²) in [6, 6.07) is 0. The fraction of sp³-hybridized carbons (Fsp3) is 0.643. The van der Waals surface area contributed by atoms with Gasteiger partial charge in [-0.05, 0) is 54.7 Å². The van der Waals surface area contributed by atoms with Crippen molar-refractivity contribution in [2.75, 3.05) is 26.7 Å². The van der Waals surface area contributed by atoms with E-state index in [0.717, 1.165) is 44.7 Å². The molecule has 1 atom stereocenters. The molecule has 6 heteroatoms. The van der Waals surface area contributed by atoms with Gasteiger partial charge in [-0.15, -0.1) is 0 Å². The molecule has 1 aliphatic carbocycles. The number of aromatic nitrogens is 2. The first-order valence-electron chi connectivity index (χ1n) is 7.12. The topological polar surface area (TPSA) is 58.1 Å². The Bertz CT molecular complexity index is 518. The lowest BCUT2D eigenvalue weighted by atomic mass is 10.1. The van der Waals surface area contributed by atoms with Crippen molar-refractivity contribution < 1.29 is 4.79 Å². The first kappa shape index (κ1) is 13.9. The molecule has 3 rings (SSSR count). The predicted octanol–water partition coefficient (Wildman–Crippen LogP) is 1.80. The van der Waals surface area contributed by atoms with E-state index in [2.05, 4.69) is 43.2 Å². The number of halogens is 1. The molecule has 2 heterocycles. The van der Waals surface area contributed by atoms with Gasteiger partial charge in [0.25, 0.3) is 5.91 Å². The zero-order chi connectivity index (χ0) is 14.1. The van der Waals surface area contributed by atoms with Gasteiger partial charge in [0, 0.05) is 25.2 Å². The first-order valence-corrected chi connectivity index (χ1v) is 7.92. The van der Waals surface area contributed by atoms with Crippen molar-refractivity contribution in [1.29, 1.82) is 0 Å². The van der Waals surface area contributed by atoms with Crippen molar-refractivity contribution in [3.05, 3.63) is 22.2 Å². The summed E-state index contributed by atoms with van der Waals surface area (Å²) in [5.41, 5.74) is 0.466. The Morgan fingerprint density at radius 3 is 2.95 bits per heavy atom. The molecule has 5 nitrogen and oxygen atoms in total. The van der Waals surface area contributed by atoms with Crippen LogP contribution >= 0.6 is 15.9 Å². The first-order chi connectivity index (χ1) is 9.63. The smallest absolute Gasteiger partial charge is 0.271 e. The number of likely N-dealkylation sites (tertiary alicyclic amines) is 1. The second kappa shape index (κ2) is 5.77. The highest BCUT2D eigenvalue weighted by Gasteiger charge is 2.28. The molecule has 1 aromatic rings. The van der Waals surface area contributed by atoms with E-state index >= 15 is 0 Å². The van der Waals surface area contributed by atoms with Crippen molar-refractivity contribution in [3.63, 3.8) is 0 Å². The molecular formula is C14H19BrN4O. The van der Waals surface area contributed by atoms with Crippen LogP contribution in [0.1, 0.15) is 41.5 Å². The normalized spacial score (nSPS) is 23.0. The largest absolute Gasteiger partial charge is 0.350 e. The number of hydrogen-bond donors (Lipinski definition) is 1. The summed E-state index contributed by atoms with van der Waals surface area (Å²) in [7, 11) is 2.12. The van der Waals surface area contributed by atoms with Crippen LogP contribution < -0.4 is 5.32 Å². The minimum absolute atomic E-state index is 0.101. The molecule has 1 saturated heterocycles. The minimum Gasteiger partial charge on any atom is -0.350 e. The van der Waals surface area contributed by atoms with Gasteiger partial charge in [0.15, 0.2) is 0 Å². The van der Waals surface area contributed by atoms with Crippen LogP contribution in [0.5, 0.6) is 0 Å². The van der Waals surface area contributed by atoms with Crippen molar-refractivity contribution >= 4 is 21.8 Å². The van der Waals surface area contributed by atoms with Crippen LogP contribution in [0.2, 0.25) is 0 Å². The number of hydrogen-bond acceptors (Lipinski definition) is 4. The van der Waals surface area contributed by atoms with Crippen LogP contribution in [0.25, 0.3) is 0 Å². The van der Waals surface area contributed by atoms with Crippen LogP contribution in [0.4, 0.5) is 0 Å². The molecule has 1 aliphatic heterocycles. The zero-order valence-corrected chi connectivity index (χ0v) is 13.2. The van der Waals surface area contributed by atoms with Crippen LogP contribution in [-0.4, -0.2) is 47.5 Å². The Hall–Kier alpha value is -1.01. The molecule has 1 aromatic heterocycles. The van der Waals surface area contributed by atoms with Gasteiger partial charge in [-0.1, -0.05) is 0 Å². The Labute approximate surface area is 127 Å². The van der Waals surface area contributed by atoms with Crippen LogP contribution in [-0.2, 0) is 0 Å². The number of nitrogens with zero attached hydrogens (tertiary/aromatic N) is 3. The van der Waals surface area contributed by atoms with Crippen molar-refractivity contribution in [1.82, 2.24) is 20.2 Å². The molecule has 1 amide bonds. The summed E-state index contributed by atoms with van der Waals surface area (Å²) < 4.78 is 0.669. The lowest BCUT2D eigenvalue weighted by Gasteiger charge is -2.12. The fourth-order valence-corrected chi connectivity index (χ4v) is 2.96. The highest BCUT2D eigenvalue weighted by Crippen LogP contribution is 2.38. The van der Waals surface area contributed by atoms with Gasteiger partial charge >= 0.3 is 0 Å². The molecule has 2 aliphatic rings. The minimum atomic E-state index is -0.101. The summed E-state index contributed by atoms with van der Waals surface area (Å²) in [6.45, 7) is 2.89. The van der Waals surface area contributed by atoms with Gasteiger partial charge in [-0.3, -0.25) is 4.79 Å². The van der Waals surface area contributed by atoms with Crippen LogP contribution in [0, 0.1) is 5.92 Å². The van der Waals surface area contributed by atoms with Gasteiger partial charge in [0.1, 0.15) is 11.5 Å². The highest BCUT2D eigenvalue weighted by atomic mass is 79.9. The molecule has 1 unspecified atom stereocenters. The van der Waals surface area contributed by atoms with E-state index in [9.17, 15) is 4.79 Å². The van der Waals surface area contributed by atoms with Crippen molar-refractivity contribution in [2.24, 2.45) is 5.92 Å². The highest BCUT2D eigenvalue weighted by molar-refractivity contribution is 9.10. The monoisotopic (exact) mass is 338 g/mol. The standard InChI is InChI=1S/C14H19BrN4O/c1-19-5-4-9(8-19)6-17-14(20)12-11(15)7-16-13(18-12)10-2-3-10/h7,9-10H,2-6,8H2,1H3,(H,17,20). The summed E-state index contributed by atoms with van der Waals surface area (Å²) in [6.07, 6.45) is 5.11. The van der Waals surface area contributed by atoms with E-state index in [4.69, 9.17) is 0 Å². The van der Waals surface area contributed by atoms with E-state index in [1.54, 1.807) is 6.20 Å². The van der Waals surface area contributed by atoms with Gasteiger partial charge in [-0.2, -0.15) is 0 Å². The van der Waals surface area contributed by atoms with Crippen molar-refractivity contribution in [2.45, 2.75) is 25.2 Å². The third-order valence-corrected chi connectivity index (χ3v) is 4.54. The molecular weight excluding hydrogens is 320 g/mol. The average molecular weight is 339 g/mol. The Balaban J connectivity index is 1.62. The number of carbonyl (C=O) groups is 1. The van der Waals surface area contributed by atoms with E-state index in [1.165, 1.54) is 0 Å². The van der Waals surface area contributed by atoms with Gasteiger partial charge in [-0.25, -0.2) is 9.97 Å². The maximum Gasteiger partial charge on any atom is 0.271 e. The molecule has 0 aromatic carbocycles. The third kappa shape index (κ3) is 3.17. The Kier molecular flexibility index (Phi) is 4.03. The summed E-state index contributed by atoms with van der Waals surface area (Å²) in [4.78, 5) is 23.2. The molecule has 1 N–H and O–H groups in total. The van der Waals surface area contributed by atoms with Gasteiger partial charge in [0.2, 0.25) is 0 Å². The zero-order valence-electron chi connectivity index (χ0n) is 11.6.